The van der Waals surface area contributed by atoms with Crippen LogP contribution in [-0.4, -0.2) is 96.3 Å². The van der Waals surface area contributed by atoms with Crippen LogP contribution in [0.2, 0.25) is 5.02 Å². The van der Waals surface area contributed by atoms with Crippen molar-refractivity contribution in [1.29, 1.82) is 0 Å². The molecule has 2 aromatic rings. The Morgan fingerprint density at radius 3 is 2.48 bits per heavy atom. The van der Waals surface area contributed by atoms with E-state index in [-0.39, 0.29) is 53.4 Å². The van der Waals surface area contributed by atoms with Gasteiger partial charge >= 0.3 is 12.2 Å². The molecule has 0 bridgehead atoms. The van der Waals surface area contributed by atoms with Crippen molar-refractivity contribution in [3.05, 3.63) is 58.1 Å². The highest BCUT2D eigenvalue weighted by molar-refractivity contribution is 6.33. The molecule has 3 aliphatic heterocycles. The van der Waals surface area contributed by atoms with Crippen LogP contribution in [0.3, 0.4) is 0 Å². The molecule has 2 unspecified atom stereocenters. The number of nitrogens with two attached hydrogens (primary N) is 1. The number of benzene rings is 2. The number of likely N-dealkylation sites (N-methyl/N-ethyl adjacent to an activating group) is 1. The average molecular weight is 663 g/mol. The minimum atomic E-state index is -4.72. The van der Waals surface area contributed by atoms with E-state index in [1.54, 1.807) is 9.80 Å². The first kappa shape index (κ1) is 33.8. The molecule has 13 heteroatoms. The summed E-state index contributed by atoms with van der Waals surface area (Å²) in [7, 11) is 3.90. The van der Waals surface area contributed by atoms with Crippen molar-refractivity contribution < 1.29 is 27.6 Å². The van der Waals surface area contributed by atoms with Gasteiger partial charge in [0.05, 0.1) is 22.2 Å². The van der Waals surface area contributed by atoms with E-state index in [1.165, 1.54) is 6.07 Å². The Morgan fingerprint density at radius 2 is 1.78 bits per heavy atom. The average Bonchev–Trinajstić information content (AvgIpc) is 3.19. The Morgan fingerprint density at radius 1 is 1.07 bits per heavy atom. The first-order valence-electron chi connectivity index (χ1n) is 15.9. The smallest absolute Gasteiger partial charge is 0.397 e. The Kier molecular flexibility index (Phi) is 10.4. The van der Waals surface area contributed by atoms with E-state index in [0.29, 0.717) is 45.6 Å². The molecule has 2 aromatic carbocycles. The summed E-state index contributed by atoms with van der Waals surface area (Å²) in [6.45, 7) is 2.42. The fourth-order valence-corrected chi connectivity index (χ4v) is 7.14. The molecule has 9 nitrogen and oxygen atoms in total. The maximum absolute atomic E-state index is 13.9. The number of carbonyl (C=O) groups excluding carboxylic acids is 3. The molecule has 3 heterocycles. The topological polar surface area (TPSA) is 102 Å². The van der Waals surface area contributed by atoms with Gasteiger partial charge in [-0.2, -0.15) is 13.2 Å². The lowest BCUT2D eigenvalue weighted by Gasteiger charge is -2.39. The zero-order valence-electron chi connectivity index (χ0n) is 26.3. The van der Waals surface area contributed by atoms with Crippen LogP contribution in [0.5, 0.6) is 0 Å². The number of nitrogens with one attached hydrogen (secondary N) is 1. The zero-order valence-corrected chi connectivity index (χ0v) is 27.0. The van der Waals surface area contributed by atoms with Crippen molar-refractivity contribution in [2.24, 2.45) is 5.92 Å². The highest BCUT2D eigenvalue weighted by atomic mass is 35.5. The van der Waals surface area contributed by atoms with Gasteiger partial charge in [-0.1, -0.05) is 29.8 Å². The van der Waals surface area contributed by atoms with Crippen LogP contribution in [0.25, 0.3) is 0 Å². The number of para-hydroxylation sites is 1. The second kappa shape index (κ2) is 14.1. The van der Waals surface area contributed by atoms with Crippen LogP contribution < -0.4 is 11.1 Å². The summed E-state index contributed by atoms with van der Waals surface area (Å²) in [6, 6.07) is 9.98. The third-order valence-corrected chi connectivity index (χ3v) is 9.90. The van der Waals surface area contributed by atoms with Crippen molar-refractivity contribution in [2.45, 2.75) is 63.2 Å². The number of amides is 4. The molecule has 5 rings (SSSR count). The van der Waals surface area contributed by atoms with Crippen LogP contribution >= 0.6 is 11.6 Å². The molecular formula is C33H42ClF3N6O3. The summed E-state index contributed by atoms with van der Waals surface area (Å²) in [5, 5.41) is 2.76. The minimum Gasteiger partial charge on any atom is -0.397 e. The summed E-state index contributed by atoms with van der Waals surface area (Å²) in [4.78, 5) is 48.0. The second-order valence-electron chi connectivity index (χ2n) is 12.8. The number of alkyl halides is 3. The van der Waals surface area contributed by atoms with Crippen molar-refractivity contribution >= 4 is 40.8 Å². The van der Waals surface area contributed by atoms with Gasteiger partial charge in [0.1, 0.15) is 0 Å². The Hall–Kier alpha value is -3.51. The minimum absolute atomic E-state index is 0.0372. The van der Waals surface area contributed by atoms with Crippen LogP contribution in [0.1, 0.15) is 48.8 Å². The van der Waals surface area contributed by atoms with Crippen LogP contribution in [0.4, 0.5) is 29.3 Å². The van der Waals surface area contributed by atoms with E-state index in [4.69, 9.17) is 17.3 Å². The van der Waals surface area contributed by atoms with E-state index in [0.717, 1.165) is 36.6 Å². The van der Waals surface area contributed by atoms with E-state index in [2.05, 4.69) is 10.2 Å². The molecule has 0 radical (unpaired) electrons. The predicted octanol–water partition coefficient (Wildman–Crippen LogP) is 5.12. The number of anilines is 2. The molecule has 250 valence electrons. The summed E-state index contributed by atoms with van der Waals surface area (Å²) < 4.78 is 41.2. The Balaban J connectivity index is 1.29. The van der Waals surface area contributed by atoms with Gasteiger partial charge in [-0.3, -0.25) is 9.59 Å². The largest absolute Gasteiger partial charge is 0.418 e. The van der Waals surface area contributed by atoms with Gasteiger partial charge in [0, 0.05) is 56.9 Å². The molecule has 0 spiro atoms. The number of hydrogen-bond acceptors (Lipinski definition) is 5. The molecule has 0 aliphatic carbocycles. The molecule has 3 N–H and O–H groups in total. The summed E-state index contributed by atoms with van der Waals surface area (Å²) in [5.74, 6) is -1.36. The number of carbonyl (C=O) groups is 3. The van der Waals surface area contributed by atoms with Gasteiger partial charge in [0.25, 0.3) is 0 Å². The highest BCUT2D eigenvalue weighted by Crippen LogP contribution is 2.38. The molecule has 0 aromatic heterocycles. The highest BCUT2D eigenvalue weighted by Gasteiger charge is 2.37. The standard InChI is InChI=1S/C33H42ClF3N6O3/c1-40(2)25-7-5-12-42(20-25)31(45)23(16-21-17-26(33(35,36)37)30(38)27(34)18-21)19-29(44)41-13-10-24(11-14-41)43-15-9-22-6-3-4-8-28(22)39-32(43)46/h3-4,6,8,17-18,23-25H,5,7,9-16,19-20,38H2,1-2H3,(H,39,46). The molecule has 2 fully saturated rings. The number of fused-ring (bicyclic) bond motifs is 1. The van der Waals surface area contributed by atoms with Crippen LogP contribution in [-0.2, 0) is 28.6 Å². The van der Waals surface area contributed by atoms with Gasteiger partial charge in [0.2, 0.25) is 11.8 Å². The number of likely N-dealkylation sites (tertiary alicyclic amines) is 2. The monoisotopic (exact) mass is 662 g/mol. The maximum atomic E-state index is 13.9. The third-order valence-electron chi connectivity index (χ3n) is 9.59. The fraction of sp³-hybridized carbons (Fsp3) is 0.545. The number of urea groups is 1. The lowest BCUT2D eigenvalue weighted by Crippen LogP contribution is -2.51. The van der Waals surface area contributed by atoms with Gasteiger partial charge in [-0.25, -0.2) is 4.79 Å². The molecule has 3 aliphatic rings. The third kappa shape index (κ3) is 7.71. The van der Waals surface area contributed by atoms with Gasteiger partial charge in [0.15, 0.2) is 0 Å². The van der Waals surface area contributed by atoms with Gasteiger partial charge < -0.3 is 30.7 Å². The first-order valence-corrected chi connectivity index (χ1v) is 16.2. The molecule has 4 amide bonds. The van der Waals surface area contributed by atoms with Crippen molar-refractivity contribution in [1.82, 2.24) is 19.6 Å². The van der Waals surface area contributed by atoms with Crippen LogP contribution in [0, 0.1) is 5.92 Å². The van der Waals surface area contributed by atoms with E-state index in [9.17, 15) is 27.6 Å². The number of nitrogen functional groups attached to an aromatic ring is 1. The van der Waals surface area contributed by atoms with Crippen LogP contribution in [0.15, 0.2) is 36.4 Å². The Labute approximate surface area is 272 Å². The summed E-state index contributed by atoms with van der Waals surface area (Å²) in [6.07, 6.45) is -1.31. The van der Waals surface area contributed by atoms with Gasteiger partial charge in [-0.15, -0.1) is 0 Å². The van der Waals surface area contributed by atoms with Crippen molar-refractivity contribution in [3.8, 4) is 0 Å². The Bertz CT molecular complexity index is 1450. The van der Waals surface area contributed by atoms with Crippen molar-refractivity contribution in [2.75, 3.05) is 57.9 Å². The molecule has 2 saturated heterocycles. The first-order chi connectivity index (χ1) is 21.8. The molecular weight excluding hydrogens is 621 g/mol. The molecule has 2 atom stereocenters. The summed E-state index contributed by atoms with van der Waals surface area (Å²) in [5.41, 5.74) is 6.13. The predicted molar refractivity (Wildman–Crippen MR) is 171 cm³/mol. The lowest BCUT2D eigenvalue weighted by molar-refractivity contribution is -0.143. The second-order valence-corrected chi connectivity index (χ2v) is 13.2. The number of nitrogens with zero attached hydrogens (tertiary/aromatic N) is 4. The van der Waals surface area contributed by atoms with E-state index in [1.807, 2.05) is 43.3 Å². The van der Waals surface area contributed by atoms with Crippen molar-refractivity contribution in [3.63, 3.8) is 0 Å². The van der Waals surface area contributed by atoms with E-state index >= 15 is 0 Å². The number of halogens is 4. The number of rotatable bonds is 7. The fourth-order valence-electron chi connectivity index (χ4n) is 6.90. The lowest BCUT2D eigenvalue weighted by atomic mass is 9.91. The maximum Gasteiger partial charge on any atom is 0.418 e. The quantitative estimate of drug-likeness (QED) is 0.401. The summed E-state index contributed by atoms with van der Waals surface area (Å²) >= 11 is 6.11. The van der Waals surface area contributed by atoms with E-state index < -0.39 is 23.3 Å². The number of piperidine rings is 2. The molecule has 46 heavy (non-hydrogen) atoms. The SMILES string of the molecule is CN(C)C1CCCN(C(=O)C(CC(=O)N2CCC(N3CCc4ccccc4NC3=O)CC2)Cc2cc(Cl)c(N)c(C(F)(F)F)c2)C1. The normalized spacial score (nSPS) is 20.3. The zero-order chi connectivity index (χ0) is 33.2. The number of hydrogen-bond donors (Lipinski definition) is 2. The van der Waals surface area contributed by atoms with Gasteiger partial charge in [-0.05, 0) is 81.9 Å². The molecule has 0 saturated carbocycles.